The number of aromatic amines is 1. The zero-order valence-corrected chi connectivity index (χ0v) is 14.9. The van der Waals surface area contributed by atoms with Crippen molar-refractivity contribution in [3.8, 4) is 0 Å². The molecule has 3 aromatic rings. The fraction of sp³-hybridized carbons (Fsp3) is 0. The summed E-state index contributed by atoms with van der Waals surface area (Å²) < 4.78 is 98.8. The Kier molecular flexibility index (Phi) is 3.84. The quantitative estimate of drug-likeness (QED) is 0.294. The minimum Gasteiger partial charge on any atom is -0.397 e. The van der Waals surface area contributed by atoms with Crippen molar-refractivity contribution < 1.29 is 38.9 Å². The lowest BCUT2D eigenvalue weighted by molar-refractivity contribution is 0.457. The van der Waals surface area contributed by atoms with Gasteiger partial charge in [0.15, 0.2) is 0 Å². The molecule has 0 saturated carbocycles. The van der Waals surface area contributed by atoms with E-state index in [0.717, 1.165) is 0 Å². The molecule has 1 aromatic heterocycles. The summed E-state index contributed by atoms with van der Waals surface area (Å²) in [7, 11) is -16.4. The van der Waals surface area contributed by atoms with Crippen LogP contribution < -0.4 is 5.73 Å². The molecule has 0 radical (unpaired) electrons. The van der Waals surface area contributed by atoms with Crippen molar-refractivity contribution in [1.29, 1.82) is 0 Å². The number of aromatic nitrogens is 1. The fourth-order valence-electron chi connectivity index (χ4n) is 2.78. The van der Waals surface area contributed by atoms with Crippen LogP contribution in [0.3, 0.4) is 0 Å². The first kappa shape index (κ1) is 18.6. The lowest BCUT2D eigenvalue weighted by Crippen LogP contribution is -2.17. The molecule has 3 rings (SSSR count). The van der Waals surface area contributed by atoms with E-state index in [4.69, 9.17) is 5.73 Å². The van der Waals surface area contributed by atoms with E-state index in [1.165, 1.54) is 24.3 Å². The van der Waals surface area contributed by atoms with Crippen LogP contribution >= 0.6 is 0 Å². The van der Waals surface area contributed by atoms with E-state index >= 15 is 0 Å². The molecule has 0 unspecified atom stereocenters. The number of hydrogen-bond donors (Lipinski definition) is 5. The van der Waals surface area contributed by atoms with E-state index < -0.39 is 56.2 Å². The molecule has 0 spiro atoms. The number of nitrogens with two attached hydrogens (primary N) is 1. The highest BCUT2D eigenvalue weighted by Gasteiger charge is 2.38. The van der Waals surface area contributed by atoms with Crippen molar-refractivity contribution >= 4 is 57.8 Å². The van der Waals surface area contributed by atoms with Gasteiger partial charge in [0.25, 0.3) is 30.4 Å². The van der Waals surface area contributed by atoms with Crippen LogP contribution in [0.5, 0.6) is 0 Å². The highest BCUT2D eigenvalue weighted by molar-refractivity contribution is 7.90. The first-order valence-electron chi connectivity index (χ1n) is 6.53. The molecule has 14 heteroatoms. The molecule has 0 aliphatic carbocycles. The lowest BCUT2D eigenvalue weighted by Gasteiger charge is -2.13. The van der Waals surface area contributed by atoms with Crippen LogP contribution in [0.4, 0.5) is 5.69 Å². The Balaban J connectivity index is 2.88. The number of rotatable bonds is 3. The van der Waals surface area contributed by atoms with Gasteiger partial charge in [-0.25, -0.2) is 0 Å². The van der Waals surface area contributed by atoms with E-state index in [0.29, 0.717) is 0 Å². The Bertz CT molecular complexity index is 1400. The van der Waals surface area contributed by atoms with Gasteiger partial charge in [-0.1, -0.05) is 18.2 Å². The summed E-state index contributed by atoms with van der Waals surface area (Å²) in [6.45, 7) is 0. The van der Waals surface area contributed by atoms with E-state index in [2.05, 4.69) is 4.98 Å². The second-order valence-corrected chi connectivity index (χ2v) is 9.32. The predicted octanol–water partition coefficient (Wildman–Crippen LogP) is 0.643. The topological polar surface area (TPSA) is 205 Å². The van der Waals surface area contributed by atoms with E-state index in [-0.39, 0.29) is 16.3 Å². The zero-order chi connectivity index (χ0) is 19.7. The summed E-state index contributed by atoms with van der Waals surface area (Å²) in [4.78, 5) is -2.24. The molecule has 0 aliphatic heterocycles. The van der Waals surface area contributed by atoms with Gasteiger partial charge < -0.3 is 10.7 Å². The van der Waals surface area contributed by atoms with Crippen molar-refractivity contribution in [2.24, 2.45) is 0 Å². The second-order valence-electron chi connectivity index (χ2n) is 5.25. The maximum atomic E-state index is 11.8. The monoisotopic (exact) mass is 422 g/mol. The molecule has 0 saturated heterocycles. The van der Waals surface area contributed by atoms with Gasteiger partial charge in [-0.15, -0.1) is 0 Å². The third kappa shape index (κ3) is 2.72. The van der Waals surface area contributed by atoms with Crippen molar-refractivity contribution in [3.63, 3.8) is 0 Å². The Morgan fingerprint density at radius 1 is 0.769 bits per heavy atom. The standard InChI is InChI=1S/C12H10N2O9S3/c13-8-7-5-3-1-2-4-6(5)14-9(7)11(25(18,19)20)12(26(21,22)23)10(8)24(15,16)17/h1-4,14H,13H2,(H,15,16,17)(H,18,19,20)(H,21,22,23). The molecule has 140 valence electrons. The summed E-state index contributed by atoms with van der Waals surface area (Å²) in [5, 5.41) is -0.0788. The van der Waals surface area contributed by atoms with Crippen LogP contribution in [-0.2, 0) is 30.4 Å². The number of hydrogen-bond acceptors (Lipinski definition) is 7. The maximum Gasteiger partial charge on any atom is 0.298 e. The molecule has 1 heterocycles. The normalized spacial score (nSPS) is 13.5. The maximum absolute atomic E-state index is 11.8. The number of benzene rings is 2. The van der Waals surface area contributed by atoms with Crippen molar-refractivity contribution in [2.75, 3.05) is 5.73 Å². The SMILES string of the molecule is Nc1c(S(=O)(=O)O)c(S(=O)(=O)O)c(S(=O)(=O)O)c2[nH]c3ccccc3c12. The predicted molar refractivity (Wildman–Crippen MR) is 89.7 cm³/mol. The van der Waals surface area contributed by atoms with Gasteiger partial charge in [0, 0.05) is 16.3 Å². The average molecular weight is 422 g/mol. The van der Waals surface area contributed by atoms with Gasteiger partial charge in [-0.2, -0.15) is 25.3 Å². The Labute approximate surface area is 146 Å². The highest BCUT2D eigenvalue weighted by Crippen LogP contribution is 2.43. The molecular formula is C12H10N2O9S3. The molecule has 0 atom stereocenters. The smallest absolute Gasteiger partial charge is 0.298 e. The van der Waals surface area contributed by atoms with Crippen molar-refractivity contribution in [2.45, 2.75) is 14.7 Å². The molecule has 6 N–H and O–H groups in total. The van der Waals surface area contributed by atoms with Crippen LogP contribution in [0.15, 0.2) is 39.0 Å². The third-order valence-corrected chi connectivity index (χ3v) is 6.68. The molecule has 0 bridgehead atoms. The Morgan fingerprint density at radius 2 is 1.27 bits per heavy atom. The molecular weight excluding hydrogens is 412 g/mol. The number of anilines is 1. The van der Waals surface area contributed by atoms with Crippen LogP contribution in [-0.4, -0.2) is 43.9 Å². The van der Waals surface area contributed by atoms with Crippen molar-refractivity contribution in [1.82, 2.24) is 4.98 Å². The summed E-state index contributed by atoms with van der Waals surface area (Å²) in [5.74, 6) is 0. The summed E-state index contributed by atoms with van der Waals surface area (Å²) >= 11 is 0. The van der Waals surface area contributed by atoms with Crippen LogP contribution in [0.25, 0.3) is 21.8 Å². The Morgan fingerprint density at radius 3 is 1.77 bits per heavy atom. The van der Waals surface area contributed by atoms with Crippen molar-refractivity contribution in [3.05, 3.63) is 24.3 Å². The summed E-state index contributed by atoms with van der Waals surface area (Å²) in [6, 6.07) is 5.91. The van der Waals surface area contributed by atoms with E-state index in [1.807, 2.05) is 0 Å². The molecule has 2 aromatic carbocycles. The van der Waals surface area contributed by atoms with Gasteiger partial charge >= 0.3 is 0 Å². The number of nitrogens with one attached hydrogen (secondary N) is 1. The first-order chi connectivity index (χ1) is 11.7. The summed E-state index contributed by atoms with van der Waals surface area (Å²) in [6.07, 6.45) is 0. The molecule has 0 fully saturated rings. The molecule has 11 nitrogen and oxygen atoms in total. The van der Waals surface area contributed by atoms with E-state index in [9.17, 15) is 38.9 Å². The second kappa shape index (κ2) is 5.38. The number of para-hydroxylation sites is 1. The van der Waals surface area contributed by atoms with E-state index in [1.54, 1.807) is 0 Å². The van der Waals surface area contributed by atoms with Gasteiger partial charge in [-0.05, 0) is 6.07 Å². The number of fused-ring (bicyclic) bond motifs is 3. The van der Waals surface area contributed by atoms with Gasteiger partial charge in [0.1, 0.15) is 14.7 Å². The zero-order valence-electron chi connectivity index (χ0n) is 12.4. The molecule has 0 aliphatic rings. The fourth-order valence-corrected chi connectivity index (χ4v) is 6.25. The number of H-pyrrole nitrogens is 1. The molecule has 0 amide bonds. The minimum absolute atomic E-state index is 0.191. The lowest BCUT2D eigenvalue weighted by atomic mass is 10.1. The van der Waals surface area contributed by atoms with Gasteiger partial charge in [-0.3, -0.25) is 13.7 Å². The minimum atomic E-state index is -5.56. The third-order valence-electron chi connectivity index (χ3n) is 3.63. The average Bonchev–Trinajstić information content (AvgIpc) is 2.82. The van der Waals surface area contributed by atoms with Gasteiger partial charge in [0.05, 0.1) is 11.2 Å². The number of nitrogen functional groups attached to an aromatic ring is 1. The van der Waals surface area contributed by atoms with Crippen LogP contribution in [0, 0.1) is 0 Å². The largest absolute Gasteiger partial charge is 0.397 e. The van der Waals surface area contributed by atoms with Crippen LogP contribution in [0.1, 0.15) is 0 Å². The highest BCUT2D eigenvalue weighted by atomic mass is 32.2. The van der Waals surface area contributed by atoms with Crippen LogP contribution in [0.2, 0.25) is 0 Å². The summed E-state index contributed by atoms with van der Waals surface area (Å²) in [5.41, 5.74) is 4.57. The molecule has 26 heavy (non-hydrogen) atoms. The first-order valence-corrected chi connectivity index (χ1v) is 10.8. The Hall–Kier alpha value is -2.23. The van der Waals surface area contributed by atoms with Gasteiger partial charge in [0.2, 0.25) is 0 Å².